The quantitative estimate of drug-likeness (QED) is 0.336. The maximum Gasteiger partial charge on any atom is 0.163 e. The van der Waals surface area contributed by atoms with E-state index in [1.165, 1.54) is 12.8 Å². The third-order valence-electron chi connectivity index (χ3n) is 7.95. The van der Waals surface area contributed by atoms with Gasteiger partial charge in [0.2, 0.25) is 0 Å². The van der Waals surface area contributed by atoms with Crippen LogP contribution in [0.25, 0.3) is 11.0 Å². The maximum atomic E-state index is 12.5. The van der Waals surface area contributed by atoms with E-state index in [-0.39, 0.29) is 5.78 Å². The molecule has 0 aromatic carbocycles. The largest absolute Gasteiger partial charge is 0.390 e. The third-order valence-corrected chi connectivity index (χ3v) is 9.65. The first-order valence-electron chi connectivity index (χ1n) is 12.2. The molecular formula is C25H37N3O3Si. The van der Waals surface area contributed by atoms with Crippen LogP contribution in [0.4, 0.5) is 5.69 Å². The first-order valence-corrected chi connectivity index (χ1v) is 15.9. The highest BCUT2D eigenvalue weighted by atomic mass is 28.3. The van der Waals surface area contributed by atoms with E-state index in [2.05, 4.69) is 36.0 Å². The Labute approximate surface area is 191 Å². The summed E-state index contributed by atoms with van der Waals surface area (Å²) in [5, 5.41) is 15.7. The van der Waals surface area contributed by atoms with E-state index in [1.54, 1.807) is 13.1 Å². The topological polar surface area (TPSA) is 76.4 Å². The van der Waals surface area contributed by atoms with Crippen molar-refractivity contribution in [3.8, 4) is 0 Å². The molecule has 4 aliphatic carbocycles. The molecule has 32 heavy (non-hydrogen) atoms. The Morgan fingerprint density at radius 1 is 1.28 bits per heavy atom. The lowest BCUT2D eigenvalue weighted by Gasteiger charge is -2.58. The van der Waals surface area contributed by atoms with Crippen molar-refractivity contribution in [1.82, 2.24) is 9.55 Å². The van der Waals surface area contributed by atoms with Crippen LogP contribution in [0.3, 0.4) is 0 Å². The summed E-state index contributed by atoms with van der Waals surface area (Å²) in [6.45, 7) is 9.92. The second-order valence-electron chi connectivity index (χ2n) is 11.8. The van der Waals surface area contributed by atoms with E-state index >= 15 is 0 Å². The number of fused-ring (bicyclic) bond motifs is 1. The number of rotatable bonds is 8. The van der Waals surface area contributed by atoms with Crippen molar-refractivity contribution in [3.05, 3.63) is 24.0 Å². The first kappa shape index (κ1) is 22.1. The smallest absolute Gasteiger partial charge is 0.163 e. The van der Waals surface area contributed by atoms with Crippen molar-refractivity contribution in [2.24, 2.45) is 17.8 Å². The number of ketones is 1. The summed E-state index contributed by atoms with van der Waals surface area (Å²) >= 11 is 0. The minimum atomic E-state index is -1.12. The molecule has 4 saturated carbocycles. The molecule has 6 nitrogen and oxygen atoms in total. The highest BCUT2D eigenvalue weighted by Crippen LogP contribution is 2.56. The number of nitrogens with zero attached hydrogens (tertiary/aromatic N) is 2. The Hall–Kier alpha value is -1.70. The van der Waals surface area contributed by atoms with Gasteiger partial charge in [-0.3, -0.25) is 4.79 Å². The van der Waals surface area contributed by atoms with Crippen LogP contribution in [0, 0.1) is 17.8 Å². The molecule has 6 rings (SSSR count). The van der Waals surface area contributed by atoms with Crippen molar-refractivity contribution in [2.45, 2.75) is 83.1 Å². The van der Waals surface area contributed by atoms with E-state index in [9.17, 15) is 9.90 Å². The molecule has 0 radical (unpaired) electrons. The van der Waals surface area contributed by atoms with E-state index < -0.39 is 13.7 Å². The molecule has 0 amide bonds. The number of hydrogen-bond acceptors (Lipinski definition) is 5. The summed E-state index contributed by atoms with van der Waals surface area (Å²) in [6.07, 6.45) is 8.85. The van der Waals surface area contributed by atoms with Crippen LogP contribution in [-0.2, 0) is 11.5 Å². The average Bonchev–Trinajstić information content (AvgIpc) is 3.09. The molecule has 2 aromatic heterocycles. The number of ether oxygens (including phenoxy) is 1. The van der Waals surface area contributed by atoms with Gasteiger partial charge in [0.05, 0.1) is 16.9 Å². The van der Waals surface area contributed by atoms with Gasteiger partial charge in [0.25, 0.3) is 0 Å². The van der Waals surface area contributed by atoms with Crippen molar-refractivity contribution >= 4 is 30.6 Å². The van der Waals surface area contributed by atoms with Gasteiger partial charge in [0.1, 0.15) is 12.4 Å². The second-order valence-corrected chi connectivity index (χ2v) is 17.5. The molecule has 2 heterocycles. The zero-order valence-corrected chi connectivity index (χ0v) is 20.9. The summed E-state index contributed by atoms with van der Waals surface area (Å²) < 4.78 is 8.00. The van der Waals surface area contributed by atoms with Crippen LogP contribution in [-0.4, -0.2) is 46.8 Å². The van der Waals surface area contributed by atoms with E-state index in [0.29, 0.717) is 36.1 Å². The number of pyridine rings is 1. The summed E-state index contributed by atoms with van der Waals surface area (Å²) in [7, 11) is -1.12. The number of aromatic nitrogens is 2. The van der Waals surface area contributed by atoms with Crippen LogP contribution in [0.2, 0.25) is 25.7 Å². The normalized spacial score (nSPS) is 31.4. The molecule has 5 atom stereocenters. The number of hydrogen-bond donors (Lipinski definition) is 2. The molecule has 7 heteroatoms. The van der Waals surface area contributed by atoms with Gasteiger partial charge < -0.3 is 19.7 Å². The monoisotopic (exact) mass is 455 g/mol. The Morgan fingerprint density at radius 2 is 2.00 bits per heavy atom. The van der Waals surface area contributed by atoms with Gasteiger partial charge in [0.15, 0.2) is 5.78 Å². The molecule has 2 N–H and O–H groups in total. The predicted molar refractivity (Wildman–Crippen MR) is 130 cm³/mol. The summed E-state index contributed by atoms with van der Waals surface area (Å²) in [4.78, 5) is 17.1. The van der Waals surface area contributed by atoms with Gasteiger partial charge >= 0.3 is 0 Å². The fourth-order valence-electron chi connectivity index (χ4n) is 6.59. The number of Topliss-reactive ketones (excluding diaryl/α,β-unsaturated/α-hetero) is 1. The lowest BCUT2D eigenvalue weighted by Crippen LogP contribution is -2.59. The Balaban J connectivity index is 1.40. The van der Waals surface area contributed by atoms with Gasteiger partial charge in [-0.25, -0.2) is 4.98 Å². The molecule has 4 bridgehead atoms. The van der Waals surface area contributed by atoms with Crippen LogP contribution < -0.4 is 5.32 Å². The highest BCUT2D eigenvalue weighted by Gasteiger charge is 2.54. The van der Waals surface area contributed by atoms with Gasteiger partial charge in [-0.05, 0) is 68.9 Å². The van der Waals surface area contributed by atoms with Gasteiger partial charge in [-0.15, -0.1) is 0 Å². The molecular weight excluding hydrogens is 418 g/mol. The van der Waals surface area contributed by atoms with Crippen molar-refractivity contribution in [2.75, 3.05) is 11.9 Å². The number of aliphatic hydroxyl groups is 1. The minimum absolute atomic E-state index is 0.0310. The van der Waals surface area contributed by atoms with Gasteiger partial charge in [-0.2, -0.15) is 0 Å². The molecule has 0 aliphatic heterocycles. The van der Waals surface area contributed by atoms with Crippen LogP contribution in [0.15, 0.2) is 18.5 Å². The fourth-order valence-corrected chi connectivity index (χ4v) is 7.35. The summed E-state index contributed by atoms with van der Waals surface area (Å²) in [5.41, 5.74) is 1.96. The number of nitrogens with one attached hydrogen (secondary N) is 1. The standard InChI is InChI=1S/C25H37N3O3Si/c1-16(29)21-14-26-24-20(5-6-28(24)15-31-7-8-32(2,3)4)23(21)27-22-18-9-17-10-19(22)13-25(30,11-17)12-18/h5-6,14,17-19,22,30H,7-13,15H2,1-4H3,(H,26,27)/t17-,18-,19+,22+,25-. The first-order chi connectivity index (χ1) is 15.1. The number of carbonyl (C=O) groups excluding carboxylic acids is 1. The van der Waals surface area contributed by atoms with E-state index in [1.807, 2.05) is 10.8 Å². The molecule has 4 fully saturated rings. The van der Waals surface area contributed by atoms with Crippen LogP contribution >= 0.6 is 0 Å². The van der Waals surface area contributed by atoms with Crippen molar-refractivity contribution < 1.29 is 14.6 Å². The molecule has 2 aromatic rings. The lowest BCUT2D eigenvalue weighted by molar-refractivity contribution is -0.129. The minimum Gasteiger partial charge on any atom is -0.390 e. The Bertz CT molecular complexity index is 1010. The second kappa shape index (κ2) is 7.96. The third kappa shape index (κ3) is 4.15. The number of anilines is 1. The fraction of sp³-hybridized carbons (Fsp3) is 0.680. The van der Waals surface area contributed by atoms with Gasteiger partial charge in [0, 0.05) is 38.5 Å². The number of carbonyl (C=O) groups is 1. The SMILES string of the molecule is CC(=O)c1cnc2c(ccn2COCC[Si](C)(C)C)c1N[C@H]1[C@@H]2C[C@@H]3C[C@H]1C[C@@](O)(C3)C2. The zero-order valence-electron chi connectivity index (χ0n) is 19.9. The zero-order chi connectivity index (χ0) is 22.7. The van der Waals surface area contributed by atoms with Crippen LogP contribution in [0.5, 0.6) is 0 Å². The molecule has 0 unspecified atom stereocenters. The lowest BCUT2D eigenvalue weighted by atomic mass is 9.52. The Morgan fingerprint density at radius 3 is 2.62 bits per heavy atom. The highest BCUT2D eigenvalue weighted by molar-refractivity contribution is 6.76. The molecule has 0 saturated heterocycles. The Kier molecular flexibility index (Phi) is 5.50. The molecule has 0 spiro atoms. The average molecular weight is 456 g/mol. The van der Waals surface area contributed by atoms with Crippen molar-refractivity contribution in [1.29, 1.82) is 0 Å². The van der Waals surface area contributed by atoms with Crippen molar-refractivity contribution in [3.63, 3.8) is 0 Å². The molecule has 174 valence electrons. The van der Waals surface area contributed by atoms with Gasteiger partial charge in [-0.1, -0.05) is 19.6 Å². The predicted octanol–water partition coefficient (Wildman–Crippen LogP) is 4.90. The summed E-state index contributed by atoms with van der Waals surface area (Å²) in [5.74, 6) is 1.64. The molecule has 4 aliphatic rings. The van der Waals surface area contributed by atoms with E-state index in [4.69, 9.17) is 4.74 Å². The maximum absolute atomic E-state index is 12.5. The summed E-state index contributed by atoms with van der Waals surface area (Å²) in [6, 6.07) is 3.51. The van der Waals surface area contributed by atoms with E-state index in [0.717, 1.165) is 48.6 Å². The van der Waals surface area contributed by atoms with Crippen LogP contribution in [0.1, 0.15) is 49.4 Å².